The molecule has 0 saturated carbocycles. The van der Waals surface area contributed by atoms with Gasteiger partial charge in [-0.25, -0.2) is 17.1 Å². The first-order valence-electron chi connectivity index (χ1n) is 11.1. The first-order valence-corrected chi connectivity index (χ1v) is 12.5. The van der Waals surface area contributed by atoms with E-state index in [0.717, 1.165) is 30.5 Å². The second-order valence-corrected chi connectivity index (χ2v) is 10.00. The van der Waals surface area contributed by atoms with Crippen molar-refractivity contribution in [2.45, 2.75) is 30.6 Å². The number of halogens is 1. The Bertz CT molecular complexity index is 1240. The first kappa shape index (κ1) is 25.3. The van der Waals surface area contributed by atoms with Crippen LogP contribution in [0, 0.1) is 5.82 Å². The Hall–Kier alpha value is -3.30. The molecule has 1 amide bonds. The van der Waals surface area contributed by atoms with E-state index in [1.807, 2.05) is 12.1 Å². The predicted octanol–water partition coefficient (Wildman–Crippen LogP) is 4.17. The summed E-state index contributed by atoms with van der Waals surface area (Å²) in [6, 6.07) is 14.2. The van der Waals surface area contributed by atoms with Crippen LogP contribution < -0.4 is 5.32 Å². The molecule has 180 valence electrons. The maximum absolute atomic E-state index is 13.4. The van der Waals surface area contributed by atoms with Crippen molar-refractivity contribution >= 4 is 15.9 Å². The van der Waals surface area contributed by atoms with Crippen LogP contribution in [0.5, 0.6) is 0 Å². The van der Waals surface area contributed by atoms with E-state index in [9.17, 15) is 17.6 Å². The highest BCUT2D eigenvalue weighted by atomic mass is 32.2. The van der Waals surface area contributed by atoms with Crippen LogP contribution in [-0.4, -0.2) is 49.0 Å². The van der Waals surface area contributed by atoms with E-state index < -0.39 is 10.0 Å². The van der Waals surface area contributed by atoms with Crippen LogP contribution in [0.1, 0.15) is 35.3 Å². The maximum Gasteiger partial charge on any atom is 0.251 e. The zero-order chi connectivity index (χ0) is 24.6. The quantitative estimate of drug-likeness (QED) is 0.298. The Balaban J connectivity index is 1.48. The second kappa shape index (κ2) is 11.7. The maximum atomic E-state index is 13.4. The minimum Gasteiger partial charge on any atom is -0.349 e. The summed E-state index contributed by atoms with van der Waals surface area (Å²) in [4.78, 5) is 12.2. The molecule has 3 aromatic rings. The molecule has 0 radical (unpaired) electrons. The molecule has 2 aromatic carbocycles. The summed E-state index contributed by atoms with van der Waals surface area (Å²) < 4.78 is 40.5. The number of hydrogen-bond donors (Lipinski definition) is 2. The third-order valence-electron chi connectivity index (χ3n) is 5.38. The van der Waals surface area contributed by atoms with Crippen molar-refractivity contribution in [1.29, 1.82) is 0 Å². The molecule has 0 bridgehead atoms. The Morgan fingerprint density at radius 1 is 1.15 bits per heavy atom. The van der Waals surface area contributed by atoms with Gasteiger partial charge in [0.2, 0.25) is 10.0 Å². The molecular formula is C25H29FN4O3S. The van der Waals surface area contributed by atoms with Crippen molar-refractivity contribution in [2.75, 3.05) is 20.1 Å². The van der Waals surface area contributed by atoms with E-state index >= 15 is 0 Å². The number of benzene rings is 2. The van der Waals surface area contributed by atoms with Crippen LogP contribution in [0.4, 0.5) is 4.39 Å². The molecule has 1 heterocycles. The van der Waals surface area contributed by atoms with E-state index in [0.29, 0.717) is 25.2 Å². The van der Waals surface area contributed by atoms with Gasteiger partial charge in [-0.15, -0.1) is 6.58 Å². The van der Waals surface area contributed by atoms with Gasteiger partial charge < -0.3 is 5.32 Å². The molecule has 34 heavy (non-hydrogen) atoms. The molecule has 7 nitrogen and oxygen atoms in total. The lowest BCUT2D eigenvalue weighted by Crippen LogP contribution is -2.28. The fourth-order valence-electron chi connectivity index (χ4n) is 3.48. The summed E-state index contributed by atoms with van der Waals surface area (Å²) in [6.45, 7) is 4.22. The van der Waals surface area contributed by atoms with Gasteiger partial charge >= 0.3 is 0 Å². The van der Waals surface area contributed by atoms with Crippen LogP contribution in [0.25, 0.3) is 11.3 Å². The van der Waals surface area contributed by atoms with Gasteiger partial charge in [-0.1, -0.05) is 30.7 Å². The molecule has 1 aromatic heterocycles. The Morgan fingerprint density at radius 3 is 2.71 bits per heavy atom. The molecule has 2 N–H and O–H groups in total. The molecule has 3 rings (SSSR count). The summed E-state index contributed by atoms with van der Waals surface area (Å²) in [5.74, 6) is -0.650. The lowest BCUT2D eigenvalue weighted by atomic mass is 10.1. The van der Waals surface area contributed by atoms with Gasteiger partial charge in [0.05, 0.1) is 10.6 Å². The van der Waals surface area contributed by atoms with Crippen LogP contribution >= 0.6 is 0 Å². The number of carbonyl (C=O) groups excluding carboxylic acids is 1. The van der Waals surface area contributed by atoms with E-state index in [4.69, 9.17) is 0 Å². The Labute approximate surface area is 199 Å². The monoisotopic (exact) mass is 484 g/mol. The number of aryl methyl sites for hydroxylation is 1. The van der Waals surface area contributed by atoms with Gasteiger partial charge in [0.1, 0.15) is 5.82 Å². The second-order valence-electron chi connectivity index (χ2n) is 7.95. The number of aromatic amines is 1. The number of nitrogens with zero attached hydrogens (tertiary/aromatic N) is 2. The molecule has 9 heteroatoms. The fourth-order valence-corrected chi connectivity index (χ4v) is 4.73. The number of hydrogen-bond acceptors (Lipinski definition) is 4. The molecule has 0 aliphatic heterocycles. The minimum atomic E-state index is -3.70. The third-order valence-corrected chi connectivity index (χ3v) is 7.23. The van der Waals surface area contributed by atoms with Gasteiger partial charge in [-0.2, -0.15) is 5.10 Å². The molecular weight excluding hydrogens is 455 g/mol. The summed E-state index contributed by atoms with van der Waals surface area (Å²) in [5.41, 5.74) is 2.65. The molecule has 0 unspecified atom stereocenters. The molecule has 0 aliphatic rings. The standard InChI is InChI=1S/C25H29FN4O3S/c1-3-14-27-25(31)20-10-8-13-23(17-20)34(32,33)30(2)15-6-4-5-12-22-18-24(29-28-22)19-9-7-11-21(26)16-19/h3,7-11,13,16-18H,1,4-6,12,14-15H2,2H3,(H,27,31)(H,28,29). The van der Waals surface area contributed by atoms with Crippen molar-refractivity contribution < 1.29 is 17.6 Å². The van der Waals surface area contributed by atoms with Gasteiger partial charge in [0, 0.05) is 37.0 Å². The lowest BCUT2D eigenvalue weighted by molar-refractivity contribution is 0.0958. The van der Waals surface area contributed by atoms with Crippen molar-refractivity contribution in [3.05, 3.63) is 84.3 Å². The molecule has 0 atom stereocenters. The fraction of sp³-hybridized carbons (Fsp3) is 0.280. The Kier molecular flexibility index (Phi) is 8.72. The molecule has 0 aliphatic carbocycles. The summed E-state index contributed by atoms with van der Waals surface area (Å²) in [5, 5.41) is 9.87. The van der Waals surface area contributed by atoms with Gasteiger partial charge in [0.25, 0.3) is 5.91 Å². The normalized spacial score (nSPS) is 11.5. The summed E-state index contributed by atoms with van der Waals surface area (Å²) in [6.07, 6.45) is 4.71. The minimum absolute atomic E-state index is 0.0867. The number of amides is 1. The lowest BCUT2D eigenvalue weighted by Gasteiger charge is -2.17. The number of aromatic nitrogens is 2. The van der Waals surface area contributed by atoms with Crippen LogP contribution in [0.3, 0.4) is 0 Å². The van der Waals surface area contributed by atoms with Crippen LogP contribution in [-0.2, 0) is 16.4 Å². The number of nitrogens with one attached hydrogen (secondary N) is 2. The Morgan fingerprint density at radius 2 is 1.94 bits per heavy atom. The van der Waals surface area contributed by atoms with Gasteiger partial charge in [-0.3, -0.25) is 9.89 Å². The number of H-pyrrole nitrogens is 1. The smallest absolute Gasteiger partial charge is 0.251 e. The van der Waals surface area contributed by atoms with E-state index in [1.165, 1.54) is 28.6 Å². The van der Waals surface area contributed by atoms with Gasteiger partial charge in [-0.05, 0) is 55.7 Å². The zero-order valence-corrected chi connectivity index (χ0v) is 19.9. The number of sulfonamides is 1. The highest BCUT2D eigenvalue weighted by molar-refractivity contribution is 7.89. The zero-order valence-electron chi connectivity index (χ0n) is 19.1. The average Bonchev–Trinajstić information content (AvgIpc) is 3.31. The highest BCUT2D eigenvalue weighted by Crippen LogP contribution is 2.20. The largest absolute Gasteiger partial charge is 0.349 e. The van der Waals surface area contributed by atoms with Crippen molar-refractivity contribution in [1.82, 2.24) is 19.8 Å². The SMILES string of the molecule is C=CCNC(=O)c1cccc(S(=O)(=O)N(C)CCCCCc2cc(-c3cccc(F)c3)n[nH]2)c1. The predicted molar refractivity (Wildman–Crippen MR) is 130 cm³/mol. The number of carbonyl (C=O) groups is 1. The molecule has 0 fully saturated rings. The topological polar surface area (TPSA) is 95.2 Å². The van der Waals surface area contributed by atoms with Gasteiger partial charge in [0.15, 0.2) is 0 Å². The van der Waals surface area contributed by atoms with Crippen molar-refractivity contribution in [2.24, 2.45) is 0 Å². The van der Waals surface area contributed by atoms with Crippen LogP contribution in [0.15, 0.2) is 72.1 Å². The summed E-state index contributed by atoms with van der Waals surface area (Å²) >= 11 is 0. The third kappa shape index (κ3) is 6.61. The van der Waals surface area contributed by atoms with Crippen LogP contribution in [0.2, 0.25) is 0 Å². The number of rotatable bonds is 12. The first-order chi connectivity index (χ1) is 16.3. The van der Waals surface area contributed by atoms with E-state index in [2.05, 4.69) is 22.1 Å². The molecule has 0 spiro atoms. The number of unbranched alkanes of at least 4 members (excludes halogenated alkanes) is 2. The summed E-state index contributed by atoms with van der Waals surface area (Å²) in [7, 11) is -2.16. The highest BCUT2D eigenvalue weighted by Gasteiger charge is 2.21. The van der Waals surface area contributed by atoms with E-state index in [-0.39, 0.29) is 22.2 Å². The molecule has 0 saturated heterocycles. The van der Waals surface area contributed by atoms with E-state index in [1.54, 1.807) is 31.3 Å². The van der Waals surface area contributed by atoms with Crippen molar-refractivity contribution in [3.63, 3.8) is 0 Å². The van der Waals surface area contributed by atoms with Crippen molar-refractivity contribution in [3.8, 4) is 11.3 Å². The average molecular weight is 485 g/mol.